The second-order valence-electron chi connectivity index (χ2n) is 5.72. The quantitative estimate of drug-likeness (QED) is 0.462. The number of fused-ring (bicyclic) bond motifs is 1. The van der Waals surface area contributed by atoms with Gasteiger partial charge in [-0.2, -0.15) is 13.2 Å². The van der Waals surface area contributed by atoms with E-state index in [9.17, 15) is 13.2 Å². The molecule has 0 spiro atoms. The van der Waals surface area contributed by atoms with Gasteiger partial charge in [-0.25, -0.2) is 4.98 Å². The third-order valence-corrected chi connectivity index (χ3v) is 4.00. The van der Waals surface area contributed by atoms with Crippen molar-refractivity contribution >= 4 is 10.9 Å². The average molecular weight is 354 g/mol. The summed E-state index contributed by atoms with van der Waals surface area (Å²) in [5.41, 5.74) is 1.24. The van der Waals surface area contributed by atoms with E-state index in [0.717, 1.165) is 28.9 Å². The first kappa shape index (κ1) is 16.2. The fourth-order valence-corrected chi connectivity index (χ4v) is 2.71. The van der Waals surface area contributed by atoms with Gasteiger partial charge in [0.2, 0.25) is 5.88 Å². The maximum absolute atomic E-state index is 12.6. The van der Waals surface area contributed by atoms with Gasteiger partial charge in [0, 0.05) is 24.1 Å². The molecular weight excluding hydrogens is 341 g/mol. The van der Waals surface area contributed by atoms with Crippen LogP contribution in [-0.4, -0.2) is 9.55 Å². The summed E-state index contributed by atoms with van der Waals surface area (Å²) in [7, 11) is 0. The molecule has 0 unspecified atom stereocenters. The monoisotopic (exact) mass is 354 g/mol. The molecule has 130 valence electrons. The zero-order valence-electron chi connectivity index (χ0n) is 13.4. The van der Waals surface area contributed by atoms with E-state index in [2.05, 4.69) is 9.55 Å². The Bertz CT molecular complexity index is 1040. The molecule has 0 aliphatic heterocycles. The van der Waals surface area contributed by atoms with E-state index < -0.39 is 11.7 Å². The summed E-state index contributed by atoms with van der Waals surface area (Å²) in [6.07, 6.45) is -1.67. The molecule has 6 heteroatoms. The van der Waals surface area contributed by atoms with Crippen molar-refractivity contribution in [3.63, 3.8) is 0 Å². The number of aromatic nitrogens is 2. The average Bonchev–Trinajstić information content (AvgIpc) is 3.06. The number of ether oxygens (including phenoxy) is 1. The van der Waals surface area contributed by atoms with Crippen LogP contribution in [0.5, 0.6) is 11.6 Å². The number of nitrogens with zero attached hydrogens (tertiary/aromatic N) is 2. The topological polar surface area (TPSA) is 27.1 Å². The lowest BCUT2D eigenvalue weighted by Gasteiger charge is -2.09. The Kier molecular flexibility index (Phi) is 3.88. The fourth-order valence-electron chi connectivity index (χ4n) is 2.71. The minimum atomic E-state index is -4.41. The lowest BCUT2D eigenvalue weighted by atomic mass is 10.2. The molecule has 0 atom stereocenters. The molecule has 0 amide bonds. The SMILES string of the molecule is FC(F)(F)c1ccc(Oc2ccc(-n3ccc4ccccc43)cc2)nc1. The molecule has 0 saturated heterocycles. The van der Waals surface area contributed by atoms with Crippen molar-refractivity contribution in [3.8, 4) is 17.3 Å². The van der Waals surface area contributed by atoms with Crippen molar-refractivity contribution < 1.29 is 17.9 Å². The van der Waals surface area contributed by atoms with Gasteiger partial charge in [-0.1, -0.05) is 18.2 Å². The second kappa shape index (κ2) is 6.22. The van der Waals surface area contributed by atoms with Crippen LogP contribution in [0.1, 0.15) is 5.56 Å². The molecule has 2 aromatic heterocycles. The first-order valence-corrected chi connectivity index (χ1v) is 7.88. The lowest BCUT2D eigenvalue weighted by Crippen LogP contribution is -2.05. The van der Waals surface area contributed by atoms with Gasteiger partial charge in [-0.15, -0.1) is 0 Å². The van der Waals surface area contributed by atoms with E-state index in [1.807, 2.05) is 48.7 Å². The molecular formula is C20H13F3N2O. The number of para-hydroxylation sites is 1. The summed E-state index contributed by atoms with van der Waals surface area (Å²) in [6.45, 7) is 0. The van der Waals surface area contributed by atoms with E-state index in [1.54, 1.807) is 12.1 Å². The normalized spacial score (nSPS) is 11.7. The molecule has 0 radical (unpaired) electrons. The van der Waals surface area contributed by atoms with Crippen molar-refractivity contribution in [1.82, 2.24) is 9.55 Å². The van der Waals surface area contributed by atoms with Crippen LogP contribution in [-0.2, 0) is 6.18 Å². The van der Waals surface area contributed by atoms with E-state index in [1.165, 1.54) is 6.07 Å². The summed E-state index contributed by atoms with van der Waals surface area (Å²) in [5.74, 6) is 0.606. The molecule has 2 heterocycles. The predicted octanol–water partition coefficient (Wildman–Crippen LogP) is 5.84. The van der Waals surface area contributed by atoms with Gasteiger partial charge in [0.1, 0.15) is 5.75 Å². The van der Waals surface area contributed by atoms with E-state index in [4.69, 9.17) is 4.74 Å². The van der Waals surface area contributed by atoms with Crippen LogP contribution in [0.2, 0.25) is 0 Å². The lowest BCUT2D eigenvalue weighted by molar-refractivity contribution is -0.137. The molecule has 0 N–H and O–H groups in total. The number of pyridine rings is 1. The number of hydrogen-bond acceptors (Lipinski definition) is 2. The third kappa shape index (κ3) is 3.13. The Morgan fingerprint density at radius 1 is 0.846 bits per heavy atom. The van der Waals surface area contributed by atoms with Crippen LogP contribution in [0.4, 0.5) is 13.2 Å². The van der Waals surface area contributed by atoms with Gasteiger partial charge in [-0.3, -0.25) is 0 Å². The van der Waals surface area contributed by atoms with Crippen molar-refractivity contribution in [3.05, 3.63) is 84.7 Å². The number of alkyl halides is 3. The highest BCUT2D eigenvalue weighted by atomic mass is 19.4. The molecule has 4 rings (SSSR count). The molecule has 4 aromatic rings. The molecule has 3 nitrogen and oxygen atoms in total. The molecule has 0 aliphatic carbocycles. The smallest absolute Gasteiger partial charge is 0.417 e. The Morgan fingerprint density at radius 2 is 1.62 bits per heavy atom. The zero-order chi connectivity index (χ0) is 18.1. The number of hydrogen-bond donors (Lipinski definition) is 0. The summed E-state index contributed by atoms with van der Waals surface area (Å²) in [6, 6.07) is 19.5. The van der Waals surface area contributed by atoms with Gasteiger partial charge in [0.05, 0.1) is 11.1 Å². The fraction of sp³-hybridized carbons (Fsp3) is 0.0500. The van der Waals surface area contributed by atoms with Crippen molar-refractivity contribution in [2.45, 2.75) is 6.18 Å². The van der Waals surface area contributed by atoms with Gasteiger partial charge in [-0.05, 0) is 47.9 Å². The van der Waals surface area contributed by atoms with E-state index in [0.29, 0.717) is 5.75 Å². The van der Waals surface area contributed by atoms with Crippen LogP contribution in [0.3, 0.4) is 0 Å². The van der Waals surface area contributed by atoms with Crippen molar-refractivity contribution in [1.29, 1.82) is 0 Å². The Morgan fingerprint density at radius 3 is 2.31 bits per heavy atom. The van der Waals surface area contributed by atoms with E-state index in [-0.39, 0.29) is 5.88 Å². The molecule has 0 saturated carbocycles. The van der Waals surface area contributed by atoms with Crippen LogP contribution in [0.25, 0.3) is 16.6 Å². The molecule has 0 bridgehead atoms. The van der Waals surface area contributed by atoms with Gasteiger partial charge >= 0.3 is 6.18 Å². The largest absolute Gasteiger partial charge is 0.439 e. The highest BCUT2D eigenvalue weighted by Crippen LogP contribution is 2.30. The standard InChI is InChI=1S/C20H13F3N2O/c21-20(22,23)15-5-10-19(24-13-15)26-17-8-6-16(7-9-17)25-12-11-14-3-1-2-4-18(14)25/h1-13H. The van der Waals surface area contributed by atoms with Gasteiger partial charge < -0.3 is 9.30 Å². The summed E-state index contributed by atoms with van der Waals surface area (Å²) in [5, 5.41) is 1.14. The first-order chi connectivity index (χ1) is 12.5. The highest BCUT2D eigenvalue weighted by molar-refractivity contribution is 5.81. The highest BCUT2D eigenvalue weighted by Gasteiger charge is 2.30. The van der Waals surface area contributed by atoms with Gasteiger partial charge in [0.25, 0.3) is 0 Å². The second-order valence-corrected chi connectivity index (χ2v) is 5.72. The minimum absolute atomic E-state index is 0.108. The van der Waals surface area contributed by atoms with Crippen LogP contribution < -0.4 is 4.74 Å². The summed E-state index contributed by atoms with van der Waals surface area (Å²) < 4.78 is 45.2. The number of benzene rings is 2. The van der Waals surface area contributed by atoms with Gasteiger partial charge in [0.15, 0.2) is 0 Å². The minimum Gasteiger partial charge on any atom is -0.439 e. The Hall–Kier alpha value is -3.28. The van der Waals surface area contributed by atoms with Crippen LogP contribution in [0.15, 0.2) is 79.1 Å². The maximum atomic E-state index is 12.6. The van der Waals surface area contributed by atoms with E-state index >= 15 is 0 Å². The molecule has 0 fully saturated rings. The Balaban J connectivity index is 1.55. The molecule has 26 heavy (non-hydrogen) atoms. The van der Waals surface area contributed by atoms with Crippen molar-refractivity contribution in [2.75, 3.05) is 0 Å². The third-order valence-electron chi connectivity index (χ3n) is 4.00. The zero-order valence-corrected chi connectivity index (χ0v) is 13.4. The number of rotatable bonds is 3. The van der Waals surface area contributed by atoms with Crippen LogP contribution >= 0.6 is 0 Å². The molecule has 2 aromatic carbocycles. The first-order valence-electron chi connectivity index (χ1n) is 7.88. The summed E-state index contributed by atoms with van der Waals surface area (Å²) in [4.78, 5) is 3.71. The van der Waals surface area contributed by atoms with Crippen molar-refractivity contribution in [2.24, 2.45) is 0 Å². The Labute approximate surface area is 147 Å². The molecule has 0 aliphatic rings. The number of halogens is 3. The summed E-state index contributed by atoms with van der Waals surface area (Å²) >= 11 is 0. The maximum Gasteiger partial charge on any atom is 0.417 e. The predicted molar refractivity (Wildman–Crippen MR) is 92.6 cm³/mol. The van der Waals surface area contributed by atoms with Crippen LogP contribution in [0, 0.1) is 0 Å².